The zero-order valence-electron chi connectivity index (χ0n) is 8.74. The van der Waals surface area contributed by atoms with Crippen LogP contribution in [0, 0.1) is 10.1 Å². The van der Waals surface area contributed by atoms with E-state index >= 15 is 0 Å². The molecule has 0 fully saturated rings. The topological polar surface area (TPSA) is 91.3 Å². The Morgan fingerprint density at radius 2 is 1.94 bits per heavy atom. The van der Waals surface area contributed by atoms with Gasteiger partial charge in [0.05, 0.1) is 4.92 Å². The Balaban J connectivity index is 2.30. The summed E-state index contributed by atoms with van der Waals surface area (Å²) in [6.07, 6.45) is 2.58. The third kappa shape index (κ3) is 2.49. The molecule has 0 aliphatic rings. The number of hydrogen-bond donors (Lipinski definition) is 1. The van der Waals surface area contributed by atoms with Gasteiger partial charge in [0, 0.05) is 18.0 Å². The number of nitrogens with zero attached hydrogens (tertiary/aromatic N) is 2. The Morgan fingerprint density at radius 3 is 2.59 bits per heavy atom. The molecule has 0 amide bonds. The SMILES string of the molecule is Nc1ccc(Oc2ccncc2[N+](=O)[O-])cc1. The van der Waals surface area contributed by atoms with Gasteiger partial charge in [-0.3, -0.25) is 15.1 Å². The van der Waals surface area contributed by atoms with Crippen LogP contribution in [0.25, 0.3) is 0 Å². The molecule has 0 radical (unpaired) electrons. The van der Waals surface area contributed by atoms with E-state index in [9.17, 15) is 10.1 Å². The Kier molecular flexibility index (Phi) is 2.87. The molecule has 0 saturated carbocycles. The van der Waals surface area contributed by atoms with E-state index in [-0.39, 0.29) is 11.4 Å². The van der Waals surface area contributed by atoms with E-state index in [0.29, 0.717) is 11.4 Å². The first-order valence-electron chi connectivity index (χ1n) is 4.78. The summed E-state index contributed by atoms with van der Waals surface area (Å²) < 4.78 is 5.39. The molecule has 2 N–H and O–H groups in total. The molecular weight excluding hydrogens is 222 g/mol. The van der Waals surface area contributed by atoms with E-state index in [1.807, 2.05) is 0 Å². The second-order valence-corrected chi connectivity index (χ2v) is 3.27. The fourth-order valence-corrected chi connectivity index (χ4v) is 1.26. The van der Waals surface area contributed by atoms with E-state index in [0.717, 1.165) is 6.20 Å². The van der Waals surface area contributed by atoms with Crippen molar-refractivity contribution in [3.8, 4) is 11.5 Å². The van der Waals surface area contributed by atoms with Crippen molar-refractivity contribution in [2.75, 3.05) is 5.73 Å². The summed E-state index contributed by atoms with van der Waals surface area (Å²) in [5, 5.41) is 10.7. The fourth-order valence-electron chi connectivity index (χ4n) is 1.26. The van der Waals surface area contributed by atoms with Crippen LogP contribution in [0.2, 0.25) is 0 Å². The second-order valence-electron chi connectivity index (χ2n) is 3.27. The normalized spacial score (nSPS) is 9.88. The van der Waals surface area contributed by atoms with E-state index in [2.05, 4.69) is 4.98 Å². The van der Waals surface area contributed by atoms with Crippen molar-refractivity contribution < 1.29 is 9.66 Å². The number of nitrogens with two attached hydrogens (primary N) is 1. The molecule has 0 saturated heterocycles. The molecule has 0 spiro atoms. The first-order chi connectivity index (χ1) is 8.16. The molecule has 0 aliphatic carbocycles. The highest BCUT2D eigenvalue weighted by Gasteiger charge is 2.15. The number of rotatable bonds is 3. The third-order valence-corrected chi connectivity index (χ3v) is 2.07. The van der Waals surface area contributed by atoms with E-state index in [1.165, 1.54) is 12.3 Å². The minimum atomic E-state index is -0.542. The summed E-state index contributed by atoms with van der Waals surface area (Å²) in [6.45, 7) is 0. The van der Waals surface area contributed by atoms with E-state index < -0.39 is 4.92 Å². The van der Waals surface area contributed by atoms with Crippen molar-refractivity contribution in [1.29, 1.82) is 0 Å². The smallest absolute Gasteiger partial charge is 0.329 e. The van der Waals surface area contributed by atoms with Crippen LogP contribution in [0.5, 0.6) is 11.5 Å². The molecule has 2 rings (SSSR count). The lowest BCUT2D eigenvalue weighted by molar-refractivity contribution is -0.386. The molecule has 0 aliphatic heterocycles. The summed E-state index contributed by atoms with van der Waals surface area (Å²) in [5.74, 6) is 0.628. The van der Waals surface area contributed by atoms with Gasteiger partial charge in [-0.25, -0.2) is 0 Å². The number of hydrogen-bond acceptors (Lipinski definition) is 5. The van der Waals surface area contributed by atoms with Gasteiger partial charge < -0.3 is 10.5 Å². The predicted molar refractivity (Wildman–Crippen MR) is 61.8 cm³/mol. The van der Waals surface area contributed by atoms with Crippen LogP contribution >= 0.6 is 0 Å². The number of pyridine rings is 1. The molecule has 6 nitrogen and oxygen atoms in total. The van der Waals surface area contributed by atoms with Gasteiger partial charge in [-0.2, -0.15) is 0 Å². The third-order valence-electron chi connectivity index (χ3n) is 2.07. The minimum absolute atomic E-state index is 0.148. The number of anilines is 1. The van der Waals surface area contributed by atoms with Gasteiger partial charge in [0.2, 0.25) is 5.75 Å². The summed E-state index contributed by atoms with van der Waals surface area (Å²) in [5.41, 5.74) is 5.95. The number of nitrogen functional groups attached to an aromatic ring is 1. The highest BCUT2D eigenvalue weighted by molar-refractivity contribution is 5.48. The number of benzene rings is 1. The van der Waals surface area contributed by atoms with E-state index in [4.69, 9.17) is 10.5 Å². The molecular formula is C11H9N3O3. The van der Waals surface area contributed by atoms with Crippen molar-refractivity contribution >= 4 is 11.4 Å². The average Bonchev–Trinajstić information content (AvgIpc) is 2.32. The summed E-state index contributed by atoms with van der Waals surface area (Å²) in [4.78, 5) is 13.9. The monoisotopic (exact) mass is 231 g/mol. The van der Waals surface area contributed by atoms with Crippen molar-refractivity contribution in [2.45, 2.75) is 0 Å². The lowest BCUT2D eigenvalue weighted by Crippen LogP contribution is -1.94. The zero-order chi connectivity index (χ0) is 12.3. The van der Waals surface area contributed by atoms with E-state index in [1.54, 1.807) is 24.3 Å². The quantitative estimate of drug-likeness (QED) is 0.497. The number of nitro groups is 1. The van der Waals surface area contributed by atoms with Gasteiger partial charge in [-0.15, -0.1) is 0 Å². The van der Waals surface area contributed by atoms with Gasteiger partial charge in [0.1, 0.15) is 11.9 Å². The molecule has 86 valence electrons. The first kappa shape index (κ1) is 10.9. The maximum absolute atomic E-state index is 10.7. The molecule has 0 bridgehead atoms. The molecule has 6 heteroatoms. The Bertz CT molecular complexity index is 540. The Morgan fingerprint density at radius 1 is 1.24 bits per heavy atom. The van der Waals surface area contributed by atoms with Crippen molar-refractivity contribution in [2.24, 2.45) is 0 Å². The Hall–Kier alpha value is -2.63. The maximum Gasteiger partial charge on any atom is 0.329 e. The predicted octanol–water partition coefficient (Wildman–Crippen LogP) is 2.36. The van der Waals surface area contributed by atoms with Crippen molar-refractivity contribution in [3.05, 3.63) is 52.8 Å². The van der Waals surface area contributed by atoms with Gasteiger partial charge in [0.15, 0.2) is 0 Å². The molecule has 0 unspecified atom stereocenters. The van der Waals surface area contributed by atoms with Crippen molar-refractivity contribution in [3.63, 3.8) is 0 Å². The standard InChI is InChI=1S/C11H9N3O3/c12-8-1-3-9(4-2-8)17-11-5-6-13-7-10(11)14(15)16/h1-7H,12H2. The second kappa shape index (κ2) is 4.48. The highest BCUT2D eigenvalue weighted by Crippen LogP contribution is 2.30. The van der Waals surface area contributed by atoms with Gasteiger partial charge in [-0.1, -0.05) is 0 Å². The molecule has 2 aromatic rings. The van der Waals surface area contributed by atoms with Gasteiger partial charge in [0.25, 0.3) is 0 Å². The maximum atomic E-state index is 10.7. The Labute approximate surface area is 96.8 Å². The molecule has 1 aromatic carbocycles. The minimum Gasteiger partial charge on any atom is -0.450 e. The highest BCUT2D eigenvalue weighted by atomic mass is 16.6. The fraction of sp³-hybridized carbons (Fsp3) is 0. The van der Waals surface area contributed by atoms with Crippen molar-refractivity contribution in [1.82, 2.24) is 4.98 Å². The summed E-state index contributed by atoms with van der Waals surface area (Å²) in [7, 11) is 0. The largest absolute Gasteiger partial charge is 0.450 e. The number of ether oxygens (including phenoxy) is 1. The van der Waals surface area contributed by atoms with Crippen LogP contribution < -0.4 is 10.5 Å². The average molecular weight is 231 g/mol. The molecule has 17 heavy (non-hydrogen) atoms. The van der Waals surface area contributed by atoms with Crippen LogP contribution in [-0.4, -0.2) is 9.91 Å². The van der Waals surface area contributed by atoms with Crippen LogP contribution in [0.3, 0.4) is 0 Å². The first-order valence-corrected chi connectivity index (χ1v) is 4.78. The lowest BCUT2D eigenvalue weighted by atomic mass is 10.3. The molecule has 1 aromatic heterocycles. The van der Waals surface area contributed by atoms with Crippen LogP contribution in [-0.2, 0) is 0 Å². The summed E-state index contributed by atoms with van der Waals surface area (Å²) >= 11 is 0. The van der Waals surface area contributed by atoms with Crippen LogP contribution in [0.4, 0.5) is 11.4 Å². The summed E-state index contributed by atoms with van der Waals surface area (Å²) in [6, 6.07) is 8.03. The zero-order valence-corrected chi connectivity index (χ0v) is 8.74. The number of aromatic nitrogens is 1. The van der Waals surface area contributed by atoms with Gasteiger partial charge >= 0.3 is 5.69 Å². The van der Waals surface area contributed by atoms with Crippen LogP contribution in [0.15, 0.2) is 42.7 Å². The molecule has 1 heterocycles. The van der Waals surface area contributed by atoms with Gasteiger partial charge in [-0.05, 0) is 24.3 Å². The molecule has 0 atom stereocenters. The lowest BCUT2D eigenvalue weighted by Gasteiger charge is -2.05. The van der Waals surface area contributed by atoms with Crippen LogP contribution in [0.1, 0.15) is 0 Å².